The summed E-state index contributed by atoms with van der Waals surface area (Å²) >= 11 is 1.60. The largest absolute Gasteiger partial charge is 0.481 e. The Bertz CT molecular complexity index is 443. The number of carbonyl (C=O) groups excluding carboxylic acids is 1. The number of carboxylic acids is 1. The van der Waals surface area contributed by atoms with Crippen LogP contribution in [0.5, 0.6) is 0 Å². The lowest BCUT2D eigenvalue weighted by molar-refractivity contribution is -0.136. The van der Waals surface area contributed by atoms with E-state index in [0.717, 1.165) is 10.6 Å². The predicted octanol–water partition coefficient (Wildman–Crippen LogP) is 2.60. The Balaban J connectivity index is 3.08. The van der Waals surface area contributed by atoms with E-state index in [2.05, 4.69) is 0 Å². The van der Waals surface area contributed by atoms with Crippen LogP contribution in [0.3, 0.4) is 0 Å². The molecule has 1 rings (SSSR count). The van der Waals surface area contributed by atoms with Gasteiger partial charge in [-0.1, -0.05) is 13.0 Å². The number of benzene rings is 1. The lowest BCUT2D eigenvalue weighted by Gasteiger charge is -2.09. The minimum absolute atomic E-state index is 0.175. The highest BCUT2D eigenvalue weighted by molar-refractivity contribution is 7.99. The van der Waals surface area contributed by atoms with Crippen LogP contribution in [-0.4, -0.2) is 29.4 Å². The Morgan fingerprint density at radius 3 is 2.61 bits per heavy atom. The number of aliphatic carboxylic acids is 1. The third-order valence-electron chi connectivity index (χ3n) is 2.23. The molecule has 0 spiro atoms. The van der Waals surface area contributed by atoms with Gasteiger partial charge in [-0.3, -0.25) is 4.79 Å². The number of carboxylic acid groups (broad SMARTS) is 1. The Hall–Kier alpha value is -1.49. The second kappa shape index (κ2) is 7.06. The van der Waals surface area contributed by atoms with Crippen LogP contribution in [-0.2, 0) is 16.0 Å². The van der Waals surface area contributed by atoms with Crippen molar-refractivity contribution in [3.8, 4) is 0 Å². The number of hydrogen-bond acceptors (Lipinski definition) is 4. The molecule has 0 aliphatic rings. The van der Waals surface area contributed by atoms with Crippen LogP contribution in [0.4, 0.5) is 0 Å². The summed E-state index contributed by atoms with van der Waals surface area (Å²) in [6.45, 7) is 4.01. The summed E-state index contributed by atoms with van der Waals surface area (Å²) in [5.74, 6) is -0.538. The second-order valence-electron chi connectivity index (χ2n) is 3.54. The summed E-state index contributed by atoms with van der Waals surface area (Å²) in [4.78, 5) is 23.5. The molecule has 0 radical (unpaired) electrons. The van der Waals surface area contributed by atoms with Gasteiger partial charge in [0.05, 0.1) is 18.6 Å². The van der Waals surface area contributed by atoms with Crippen molar-refractivity contribution in [1.29, 1.82) is 0 Å². The number of hydrogen-bond donors (Lipinski definition) is 1. The molecule has 1 N–H and O–H groups in total. The molecule has 0 heterocycles. The average Bonchev–Trinajstić information content (AvgIpc) is 2.31. The fourth-order valence-electron chi connectivity index (χ4n) is 1.53. The molecule has 1 aromatic rings. The number of ether oxygens (including phenoxy) is 1. The van der Waals surface area contributed by atoms with E-state index in [-0.39, 0.29) is 13.0 Å². The maximum atomic E-state index is 11.8. The minimum atomic E-state index is -0.962. The highest BCUT2D eigenvalue weighted by Gasteiger charge is 2.15. The van der Waals surface area contributed by atoms with E-state index in [1.54, 1.807) is 30.8 Å². The fraction of sp³-hybridized carbons (Fsp3) is 0.385. The van der Waals surface area contributed by atoms with Crippen molar-refractivity contribution < 1.29 is 19.4 Å². The van der Waals surface area contributed by atoms with Crippen molar-refractivity contribution in [3.63, 3.8) is 0 Å². The number of carbonyl (C=O) groups is 2. The summed E-state index contributed by atoms with van der Waals surface area (Å²) in [6, 6.07) is 5.21. The standard InChI is InChI=1S/C13H16O4S/c1-3-17-13(16)11-8-10(18-4-2)6-5-9(11)7-12(14)15/h5-6,8H,3-4,7H2,1-2H3,(H,14,15). The van der Waals surface area contributed by atoms with Crippen LogP contribution >= 0.6 is 11.8 Å². The lowest BCUT2D eigenvalue weighted by atomic mass is 10.0. The topological polar surface area (TPSA) is 63.6 Å². The van der Waals surface area contributed by atoms with Gasteiger partial charge in [-0.05, 0) is 30.4 Å². The first-order valence-electron chi connectivity index (χ1n) is 5.73. The zero-order valence-corrected chi connectivity index (χ0v) is 11.3. The molecule has 0 aliphatic heterocycles. The molecule has 0 amide bonds. The molecule has 1 aromatic carbocycles. The first kappa shape index (κ1) is 14.6. The van der Waals surface area contributed by atoms with Gasteiger partial charge in [0, 0.05) is 4.90 Å². The highest BCUT2D eigenvalue weighted by atomic mass is 32.2. The molecule has 5 heteroatoms. The molecule has 0 bridgehead atoms. The van der Waals surface area contributed by atoms with E-state index in [1.165, 1.54) is 0 Å². The van der Waals surface area contributed by atoms with E-state index < -0.39 is 11.9 Å². The summed E-state index contributed by atoms with van der Waals surface area (Å²) < 4.78 is 4.94. The third-order valence-corrected chi connectivity index (χ3v) is 3.11. The van der Waals surface area contributed by atoms with Gasteiger partial charge < -0.3 is 9.84 Å². The smallest absolute Gasteiger partial charge is 0.338 e. The molecule has 0 saturated heterocycles. The van der Waals surface area contributed by atoms with Crippen LogP contribution in [0.15, 0.2) is 23.1 Å². The van der Waals surface area contributed by atoms with Crippen LogP contribution in [0.2, 0.25) is 0 Å². The number of esters is 1. The molecule has 0 atom stereocenters. The molecule has 18 heavy (non-hydrogen) atoms. The molecule has 0 fully saturated rings. The van der Waals surface area contributed by atoms with E-state index >= 15 is 0 Å². The van der Waals surface area contributed by atoms with E-state index in [1.807, 2.05) is 13.0 Å². The first-order chi connectivity index (χ1) is 8.58. The van der Waals surface area contributed by atoms with Gasteiger partial charge in [0.2, 0.25) is 0 Å². The number of thioether (sulfide) groups is 1. The molecule has 98 valence electrons. The van der Waals surface area contributed by atoms with Gasteiger partial charge in [0.1, 0.15) is 0 Å². The zero-order valence-electron chi connectivity index (χ0n) is 10.4. The zero-order chi connectivity index (χ0) is 13.5. The second-order valence-corrected chi connectivity index (χ2v) is 4.88. The maximum Gasteiger partial charge on any atom is 0.338 e. The normalized spacial score (nSPS) is 10.1. The predicted molar refractivity (Wildman–Crippen MR) is 70.1 cm³/mol. The van der Waals surface area contributed by atoms with Crippen LogP contribution in [0, 0.1) is 0 Å². The van der Waals surface area contributed by atoms with Crippen LogP contribution in [0.25, 0.3) is 0 Å². The quantitative estimate of drug-likeness (QED) is 0.634. The molecule has 0 aromatic heterocycles. The molecule has 0 unspecified atom stereocenters. The lowest BCUT2D eigenvalue weighted by Crippen LogP contribution is -2.11. The van der Waals surface area contributed by atoms with Crippen molar-refractivity contribution in [3.05, 3.63) is 29.3 Å². The van der Waals surface area contributed by atoms with Gasteiger partial charge in [-0.2, -0.15) is 0 Å². The third kappa shape index (κ3) is 4.07. The van der Waals surface area contributed by atoms with Gasteiger partial charge in [0.25, 0.3) is 0 Å². The average molecular weight is 268 g/mol. The van der Waals surface area contributed by atoms with E-state index in [0.29, 0.717) is 11.1 Å². The minimum Gasteiger partial charge on any atom is -0.481 e. The van der Waals surface area contributed by atoms with Crippen LogP contribution < -0.4 is 0 Å². The summed E-state index contributed by atoms with van der Waals surface area (Å²) in [5.41, 5.74) is 0.833. The van der Waals surface area contributed by atoms with Gasteiger partial charge >= 0.3 is 11.9 Å². The molecule has 0 saturated carbocycles. The van der Waals surface area contributed by atoms with Crippen LogP contribution in [0.1, 0.15) is 29.8 Å². The molecule has 0 aliphatic carbocycles. The Labute approximate surface area is 110 Å². The van der Waals surface area contributed by atoms with Crippen molar-refractivity contribution in [2.45, 2.75) is 25.2 Å². The SMILES string of the molecule is CCOC(=O)c1cc(SCC)ccc1CC(=O)O. The summed E-state index contributed by atoms with van der Waals surface area (Å²) in [6.07, 6.45) is -0.175. The van der Waals surface area contributed by atoms with Crippen molar-refractivity contribution in [2.75, 3.05) is 12.4 Å². The fourth-order valence-corrected chi connectivity index (χ4v) is 2.23. The first-order valence-corrected chi connectivity index (χ1v) is 6.71. The van der Waals surface area contributed by atoms with E-state index in [4.69, 9.17) is 9.84 Å². The molecule has 4 nitrogen and oxygen atoms in total. The van der Waals surface area contributed by atoms with Gasteiger partial charge in [0.15, 0.2) is 0 Å². The maximum absolute atomic E-state index is 11.8. The number of rotatable bonds is 6. The molecular formula is C13H16O4S. The Morgan fingerprint density at radius 1 is 1.33 bits per heavy atom. The van der Waals surface area contributed by atoms with E-state index in [9.17, 15) is 9.59 Å². The summed E-state index contributed by atoms with van der Waals surface area (Å²) in [7, 11) is 0. The van der Waals surface area contributed by atoms with Crippen molar-refractivity contribution >= 4 is 23.7 Å². The Kier molecular flexibility index (Phi) is 5.71. The summed E-state index contributed by atoms with van der Waals surface area (Å²) in [5, 5.41) is 8.82. The van der Waals surface area contributed by atoms with Gasteiger partial charge in [-0.15, -0.1) is 11.8 Å². The monoisotopic (exact) mass is 268 g/mol. The Morgan fingerprint density at radius 2 is 2.06 bits per heavy atom. The van der Waals surface area contributed by atoms with Crippen molar-refractivity contribution in [1.82, 2.24) is 0 Å². The van der Waals surface area contributed by atoms with Gasteiger partial charge in [-0.25, -0.2) is 4.79 Å². The molecular weight excluding hydrogens is 252 g/mol. The highest BCUT2D eigenvalue weighted by Crippen LogP contribution is 2.22. The van der Waals surface area contributed by atoms with Crippen molar-refractivity contribution in [2.24, 2.45) is 0 Å².